The van der Waals surface area contributed by atoms with Crippen molar-refractivity contribution < 1.29 is 4.79 Å². The quantitative estimate of drug-likeness (QED) is 0.774. The van der Waals surface area contributed by atoms with Gasteiger partial charge in [0.05, 0.1) is 17.6 Å². The highest BCUT2D eigenvalue weighted by Crippen LogP contribution is 2.19. The molecule has 1 aromatic heterocycles. The third kappa shape index (κ3) is 5.37. The van der Waals surface area contributed by atoms with Crippen molar-refractivity contribution in [3.63, 3.8) is 0 Å². The van der Waals surface area contributed by atoms with Crippen molar-refractivity contribution >= 4 is 5.91 Å². The van der Waals surface area contributed by atoms with Crippen LogP contribution in [0.25, 0.3) is 5.69 Å². The van der Waals surface area contributed by atoms with E-state index in [2.05, 4.69) is 52.5 Å². The molecule has 1 aliphatic heterocycles. The maximum atomic E-state index is 11.7. The lowest BCUT2D eigenvalue weighted by molar-refractivity contribution is -0.121. The Morgan fingerprint density at radius 3 is 2.78 bits per heavy atom. The standard InChI is InChI=1S/C20H30N6O/c1-15-9-16(2)11-19(10-15)26-23-12-17(24-26)14-25-8-4-3-5-18(25)13-22-20(27)6-7-21/h9-12,18H,3-8,13-14,21H2,1-2H3,(H,22,27). The zero-order chi connectivity index (χ0) is 19.2. The van der Waals surface area contributed by atoms with Gasteiger partial charge in [0, 0.05) is 32.1 Å². The number of benzene rings is 1. The molecule has 1 atom stereocenters. The van der Waals surface area contributed by atoms with E-state index in [0.29, 0.717) is 25.6 Å². The van der Waals surface area contributed by atoms with E-state index in [1.54, 1.807) is 4.80 Å². The molecular weight excluding hydrogens is 340 g/mol. The lowest BCUT2D eigenvalue weighted by Gasteiger charge is -2.35. The van der Waals surface area contributed by atoms with Gasteiger partial charge >= 0.3 is 0 Å². The molecule has 3 rings (SSSR count). The number of hydrogen-bond acceptors (Lipinski definition) is 5. The topological polar surface area (TPSA) is 89.1 Å². The second-order valence-electron chi connectivity index (χ2n) is 7.43. The maximum Gasteiger partial charge on any atom is 0.221 e. The van der Waals surface area contributed by atoms with E-state index >= 15 is 0 Å². The number of piperidine rings is 1. The van der Waals surface area contributed by atoms with E-state index in [-0.39, 0.29) is 5.91 Å². The third-order valence-corrected chi connectivity index (χ3v) is 5.00. The first kappa shape index (κ1) is 19.5. The lowest BCUT2D eigenvalue weighted by Crippen LogP contribution is -2.46. The second kappa shape index (κ2) is 9.10. The van der Waals surface area contributed by atoms with Gasteiger partial charge < -0.3 is 11.1 Å². The summed E-state index contributed by atoms with van der Waals surface area (Å²) in [7, 11) is 0. The Labute approximate surface area is 160 Å². The number of nitrogens with two attached hydrogens (primary N) is 1. The summed E-state index contributed by atoms with van der Waals surface area (Å²) in [5.74, 6) is 0.0313. The summed E-state index contributed by atoms with van der Waals surface area (Å²) in [4.78, 5) is 15.8. The van der Waals surface area contributed by atoms with E-state index in [1.807, 2.05) is 6.20 Å². The Balaban J connectivity index is 1.64. The van der Waals surface area contributed by atoms with Gasteiger partial charge in [0.15, 0.2) is 0 Å². The molecule has 1 aromatic carbocycles. The molecule has 1 amide bonds. The number of nitrogens with zero attached hydrogens (tertiary/aromatic N) is 4. The van der Waals surface area contributed by atoms with Crippen molar-refractivity contribution in [2.75, 3.05) is 19.6 Å². The molecule has 1 unspecified atom stereocenters. The van der Waals surface area contributed by atoms with Crippen LogP contribution in [0.4, 0.5) is 0 Å². The van der Waals surface area contributed by atoms with Crippen LogP contribution in [0.1, 0.15) is 42.5 Å². The summed E-state index contributed by atoms with van der Waals surface area (Å²) in [6.07, 6.45) is 5.70. The zero-order valence-corrected chi connectivity index (χ0v) is 16.3. The van der Waals surface area contributed by atoms with Gasteiger partial charge in [-0.3, -0.25) is 9.69 Å². The minimum Gasteiger partial charge on any atom is -0.354 e. The Morgan fingerprint density at radius 2 is 2.04 bits per heavy atom. The Hall–Kier alpha value is -2.25. The van der Waals surface area contributed by atoms with Gasteiger partial charge in [-0.1, -0.05) is 12.5 Å². The third-order valence-electron chi connectivity index (χ3n) is 5.00. The number of carbonyl (C=O) groups excluding carboxylic acids is 1. The number of likely N-dealkylation sites (tertiary alicyclic amines) is 1. The fourth-order valence-corrected chi connectivity index (χ4v) is 3.72. The molecular formula is C20H30N6O. The number of carbonyl (C=O) groups is 1. The van der Waals surface area contributed by atoms with E-state index in [1.165, 1.54) is 24.0 Å². The molecule has 27 heavy (non-hydrogen) atoms. The monoisotopic (exact) mass is 370 g/mol. The SMILES string of the molecule is Cc1cc(C)cc(-n2ncc(CN3CCCCC3CNC(=O)CCN)n2)c1. The molecule has 7 heteroatoms. The summed E-state index contributed by atoms with van der Waals surface area (Å²) in [5.41, 5.74) is 9.79. The van der Waals surface area contributed by atoms with Gasteiger partial charge in [-0.05, 0) is 56.5 Å². The molecule has 0 spiro atoms. The molecule has 1 saturated heterocycles. The molecule has 0 bridgehead atoms. The van der Waals surface area contributed by atoms with Crippen LogP contribution in [0.15, 0.2) is 24.4 Å². The summed E-state index contributed by atoms with van der Waals surface area (Å²) >= 11 is 0. The lowest BCUT2D eigenvalue weighted by atomic mass is 10.0. The molecule has 0 radical (unpaired) electrons. The Morgan fingerprint density at radius 1 is 1.26 bits per heavy atom. The second-order valence-corrected chi connectivity index (χ2v) is 7.43. The number of hydrogen-bond donors (Lipinski definition) is 2. The van der Waals surface area contributed by atoms with Crippen LogP contribution in [-0.4, -0.2) is 51.5 Å². The average Bonchev–Trinajstić information content (AvgIpc) is 3.09. The van der Waals surface area contributed by atoms with E-state index in [9.17, 15) is 4.79 Å². The summed E-state index contributed by atoms with van der Waals surface area (Å²) in [6, 6.07) is 6.67. The molecule has 1 fully saturated rings. The van der Waals surface area contributed by atoms with Crippen molar-refractivity contribution in [1.82, 2.24) is 25.2 Å². The summed E-state index contributed by atoms with van der Waals surface area (Å²) in [5, 5.41) is 12.1. The molecule has 1 aliphatic rings. The Kier molecular flexibility index (Phi) is 6.58. The van der Waals surface area contributed by atoms with Crippen LogP contribution < -0.4 is 11.1 Å². The minimum absolute atomic E-state index is 0.0313. The molecule has 0 saturated carbocycles. The van der Waals surface area contributed by atoms with Crippen molar-refractivity contribution in [3.05, 3.63) is 41.2 Å². The first-order valence-electron chi connectivity index (χ1n) is 9.76. The predicted molar refractivity (Wildman–Crippen MR) is 106 cm³/mol. The smallest absolute Gasteiger partial charge is 0.221 e. The number of aromatic nitrogens is 3. The molecule has 146 valence electrons. The molecule has 2 aromatic rings. The fourth-order valence-electron chi connectivity index (χ4n) is 3.72. The highest BCUT2D eigenvalue weighted by molar-refractivity contribution is 5.76. The van der Waals surface area contributed by atoms with E-state index < -0.39 is 0 Å². The number of rotatable bonds is 7. The van der Waals surface area contributed by atoms with Gasteiger partial charge in [0.1, 0.15) is 0 Å². The first-order valence-corrected chi connectivity index (χ1v) is 9.76. The summed E-state index contributed by atoms with van der Waals surface area (Å²) in [6.45, 7) is 7.00. The Bertz CT molecular complexity index is 751. The average molecular weight is 371 g/mol. The van der Waals surface area contributed by atoms with Gasteiger partial charge in [-0.25, -0.2) is 0 Å². The molecule has 7 nitrogen and oxygen atoms in total. The van der Waals surface area contributed by atoms with Crippen LogP contribution in [0.2, 0.25) is 0 Å². The maximum absolute atomic E-state index is 11.7. The van der Waals surface area contributed by atoms with Crippen LogP contribution in [0.5, 0.6) is 0 Å². The molecule has 3 N–H and O–H groups in total. The van der Waals surface area contributed by atoms with Crippen LogP contribution >= 0.6 is 0 Å². The van der Waals surface area contributed by atoms with Gasteiger partial charge in [-0.2, -0.15) is 15.0 Å². The predicted octanol–water partition coefficient (Wildman–Crippen LogP) is 1.70. The van der Waals surface area contributed by atoms with Gasteiger partial charge in [0.2, 0.25) is 5.91 Å². The van der Waals surface area contributed by atoms with Crippen LogP contribution in [-0.2, 0) is 11.3 Å². The van der Waals surface area contributed by atoms with Crippen LogP contribution in [0.3, 0.4) is 0 Å². The van der Waals surface area contributed by atoms with Crippen molar-refractivity contribution in [2.45, 2.75) is 52.1 Å². The number of aryl methyl sites for hydroxylation is 2. The highest BCUT2D eigenvalue weighted by Gasteiger charge is 2.23. The van der Waals surface area contributed by atoms with Crippen LogP contribution in [0, 0.1) is 13.8 Å². The normalized spacial score (nSPS) is 17.8. The largest absolute Gasteiger partial charge is 0.354 e. The number of nitrogens with one attached hydrogen (secondary N) is 1. The minimum atomic E-state index is 0.0313. The van der Waals surface area contributed by atoms with Crippen molar-refractivity contribution in [3.8, 4) is 5.69 Å². The molecule has 0 aliphatic carbocycles. The first-order chi connectivity index (χ1) is 13.0. The fraction of sp³-hybridized carbons (Fsp3) is 0.550. The van der Waals surface area contributed by atoms with Crippen molar-refractivity contribution in [1.29, 1.82) is 0 Å². The van der Waals surface area contributed by atoms with Crippen molar-refractivity contribution in [2.24, 2.45) is 5.73 Å². The number of amides is 1. The van der Waals surface area contributed by atoms with E-state index in [0.717, 1.165) is 30.9 Å². The van der Waals surface area contributed by atoms with Gasteiger partial charge in [0.25, 0.3) is 0 Å². The summed E-state index contributed by atoms with van der Waals surface area (Å²) < 4.78 is 0. The zero-order valence-electron chi connectivity index (χ0n) is 16.3. The van der Waals surface area contributed by atoms with Gasteiger partial charge in [-0.15, -0.1) is 0 Å². The van der Waals surface area contributed by atoms with E-state index in [4.69, 9.17) is 5.73 Å². The highest BCUT2D eigenvalue weighted by atomic mass is 16.1. The molecule has 2 heterocycles.